The van der Waals surface area contributed by atoms with Gasteiger partial charge in [-0.25, -0.2) is 4.79 Å². The van der Waals surface area contributed by atoms with E-state index >= 15 is 0 Å². The lowest BCUT2D eigenvalue weighted by atomic mass is 10.2. The maximum absolute atomic E-state index is 10.9. The lowest BCUT2D eigenvalue weighted by Gasteiger charge is -2.09. The van der Waals surface area contributed by atoms with E-state index in [1.54, 1.807) is 6.92 Å². The van der Waals surface area contributed by atoms with Gasteiger partial charge in [0.05, 0.1) is 0 Å². The minimum Gasteiger partial charge on any atom is -0.478 e. The van der Waals surface area contributed by atoms with Crippen molar-refractivity contribution in [1.29, 1.82) is 0 Å². The molecule has 74 valence electrons. The van der Waals surface area contributed by atoms with E-state index in [1.165, 1.54) is 0 Å². The highest BCUT2D eigenvalue weighted by Crippen LogP contribution is 1.88. The van der Waals surface area contributed by atoms with Crippen LogP contribution in [0.3, 0.4) is 0 Å². The fraction of sp³-hybridized carbons (Fsp3) is 0.500. The molecule has 0 aromatic carbocycles. The summed E-state index contributed by atoms with van der Waals surface area (Å²) >= 11 is 0. The summed E-state index contributed by atoms with van der Waals surface area (Å²) in [6, 6.07) is -0.157. The molecule has 0 aliphatic heterocycles. The van der Waals surface area contributed by atoms with E-state index in [2.05, 4.69) is 5.32 Å². The quantitative estimate of drug-likeness (QED) is 0.507. The predicted octanol–water partition coefficient (Wildman–Crippen LogP) is -0.486. The smallest absolute Gasteiger partial charge is 0.328 e. The van der Waals surface area contributed by atoms with E-state index in [0.717, 1.165) is 12.2 Å². The molecule has 0 saturated carbocycles. The molecule has 0 aliphatic carbocycles. The van der Waals surface area contributed by atoms with Crippen LogP contribution < -0.4 is 5.32 Å². The summed E-state index contributed by atoms with van der Waals surface area (Å²) < 4.78 is 0. The number of aliphatic hydroxyl groups is 1. The summed E-state index contributed by atoms with van der Waals surface area (Å²) in [5.41, 5.74) is 0. The third-order valence-electron chi connectivity index (χ3n) is 1.33. The van der Waals surface area contributed by atoms with Gasteiger partial charge < -0.3 is 15.5 Å². The first-order chi connectivity index (χ1) is 6.06. The Morgan fingerprint density at radius 1 is 1.46 bits per heavy atom. The second kappa shape index (κ2) is 6.19. The largest absolute Gasteiger partial charge is 0.478 e. The third-order valence-corrected chi connectivity index (χ3v) is 1.33. The van der Waals surface area contributed by atoms with Crippen molar-refractivity contribution in [3.63, 3.8) is 0 Å². The molecular weight excluding hydrogens is 174 g/mol. The minimum atomic E-state index is -1.16. The van der Waals surface area contributed by atoms with Gasteiger partial charge in [-0.3, -0.25) is 4.79 Å². The van der Waals surface area contributed by atoms with Crippen molar-refractivity contribution in [2.75, 3.05) is 6.61 Å². The number of hydrogen-bond acceptors (Lipinski definition) is 3. The summed E-state index contributed by atoms with van der Waals surface area (Å²) in [6.07, 6.45) is 2.16. The zero-order valence-electron chi connectivity index (χ0n) is 7.36. The molecule has 0 rings (SSSR count). The predicted molar refractivity (Wildman–Crippen MR) is 46.1 cm³/mol. The topological polar surface area (TPSA) is 86.6 Å². The Balaban J connectivity index is 3.80. The second-order valence-electron chi connectivity index (χ2n) is 2.59. The number of carbonyl (C=O) groups excluding carboxylic acids is 1. The van der Waals surface area contributed by atoms with Gasteiger partial charge >= 0.3 is 5.97 Å². The van der Waals surface area contributed by atoms with E-state index < -0.39 is 11.9 Å². The number of aliphatic hydroxyl groups excluding tert-OH is 1. The summed E-state index contributed by atoms with van der Waals surface area (Å²) in [7, 11) is 0. The lowest BCUT2D eigenvalue weighted by Crippen LogP contribution is -2.31. The van der Waals surface area contributed by atoms with Crippen molar-refractivity contribution < 1.29 is 19.8 Å². The van der Waals surface area contributed by atoms with Crippen LogP contribution in [0.25, 0.3) is 0 Å². The molecule has 0 spiro atoms. The zero-order chi connectivity index (χ0) is 10.3. The van der Waals surface area contributed by atoms with E-state index in [0.29, 0.717) is 6.42 Å². The average Bonchev–Trinajstić information content (AvgIpc) is 2.01. The Hall–Kier alpha value is -1.36. The molecule has 0 heterocycles. The number of hydrogen-bond donors (Lipinski definition) is 3. The lowest BCUT2D eigenvalue weighted by molar-refractivity contribution is -0.131. The normalized spacial score (nSPS) is 12.8. The second-order valence-corrected chi connectivity index (χ2v) is 2.59. The fourth-order valence-corrected chi connectivity index (χ4v) is 0.704. The van der Waals surface area contributed by atoms with Crippen LogP contribution in [0.1, 0.15) is 13.3 Å². The van der Waals surface area contributed by atoms with Gasteiger partial charge in [0, 0.05) is 24.8 Å². The number of nitrogens with one attached hydrogen (secondary N) is 1. The summed E-state index contributed by atoms with van der Waals surface area (Å²) in [5, 5.41) is 19.2. The summed E-state index contributed by atoms with van der Waals surface area (Å²) in [6.45, 7) is 1.72. The molecule has 0 fully saturated rings. The maximum atomic E-state index is 10.9. The van der Waals surface area contributed by atoms with Crippen LogP contribution in [0.2, 0.25) is 0 Å². The SMILES string of the molecule is CC(CCO)NC(=O)/C=C/C(=O)O. The molecule has 5 nitrogen and oxygen atoms in total. The molecule has 3 N–H and O–H groups in total. The van der Waals surface area contributed by atoms with Crippen LogP contribution in [0.15, 0.2) is 12.2 Å². The monoisotopic (exact) mass is 187 g/mol. The van der Waals surface area contributed by atoms with E-state index in [4.69, 9.17) is 10.2 Å². The molecule has 0 radical (unpaired) electrons. The fourth-order valence-electron chi connectivity index (χ4n) is 0.704. The number of carboxylic acids is 1. The Labute approximate surface area is 76.1 Å². The molecule has 0 aromatic rings. The highest BCUT2D eigenvalue weighted by atomic mass is 16.4. The molecule has 1 atom stereocenters. The van der Waals surface area contributed by atoms with Crippen LogP contribution in [0.5, 0.6) is 0 Å². The van der Waals surface area contributed by atoms with Crippen molar-refractivity contribution in [2.24, 2.45) is 0 Å². The van der Waals surface area contributed by atoms with Crippen molar-refractivity contribution in [1.82, 2.24) is 5.32 Å². The van der Waals surface area contributed by atoms with E-state index in [9.17, 15) is 9.59 Å². The standard InChI is InChI=1S/C8H13NO4/c1-6(4-5-10)9-7(11)2-3-8(12)13/h2-3,6,10H,4-5H2,1H3,(H,9,11)(H,12,13)/b3-2+. The highest BCUT2D eigenvalue weighted by Gasteiger charge is 2.03. The first kappa shape index (κ1) is 11.6. The number of carboxylic acid groups (broad SMARTS) is 1. The maximum Gasteiger partial charge on any atom is 0.328 e. The number of aliphatic carboxylic acids is 1. The molecule has 0 saturated heterocycles. The van der Waals surface area contributed by atoms with Crippen LogP contribution in [-0.2, 0) is 9.59 Å². The van der Waals surface area contributed by atoms with Crippen LogP contribution in [0.4, 0.5) is 0 Å². The molecular formula is C8H13NO4. The Morgan fingerprint density at radius 3 is 2.54 bits per heavy atom. The van der Waals surface area contributed by atoms with Gasteiger partial charge in [0.25, 0.3) is 0 Å². The Kier molecular flexibility index (Phi) is 5.54. The van der Waals surface area contributed by atoms with Gasteiger partial charge in [-0.15, -0.1) is 0 Å². The average molecular weight is 187 g/mol. The molecule has 1 amide bonds. The zero-order valence-corrected chi connectivity index (χ0v) is 7.36. The summed E-state index contributed by atoms with van der Waals surface area (Å²) in [5.74, 6) is -1.63. The van der Waals surface area contributed by atoms with E-state index in [1.807, 2.05) is 0 Å². The molecule has 0 bridgehead atoms. The highest BCUT2D eigenvalue weighted by molar-refractivity contribution is 5.93. The Morgan fingerprint density at radius 2 is 2.08 bits per heavy atom. The summed E-state index contributed by atoms with van der Waals surface area (Å²) in [4.78, 5) is 20.9. The Bertz CT molecular complexity index is 212. The molecule has 0 aromatic heterocycles. The molecule has 13 heavy (non-hydrogen) atoms. The van der Waals surface area contributed by atoms with E-state index in [-0.39, 0.29) is 12.6 Å². The number of rotatable bonds is 5. The van der Waals surface area contributed by atoms with Gasteiger partial charge in [0.15, 0.2) is 0 Å². The van der Waals surface area contributed by atoms with Gasteiger partial charge in [0.1, 0.15) is 0 Å². The number of amides is 1. The van der Waals surface area contributed by atoms with Crippen molar-refractivity contribution in [3.05, 3.63) is 12.2 Å². The third kappa shape index (κ3) is 7.02. The first-order valence-corrected chi connectivity index (χ1v) is 3.88. The molecule has 0 aliphatic rings. The van der Waals surface area contributed by atoms with Crippen molar-refractivity contribution in [2.45, 2.75) is 19.4 Å². The van der Waals surface area contributed by atoms with Gasteiger partial charge in [-0.2, -0.15) is 0 Å². The van der Waals surface area contributed by atoms with Crippen LogP contribution in [-0.4, -0.2) is 34.7 Å². The van der Waals surface area contributed by atoms with Crippen molar-refractivity contribution in [3.8, 4) is 0 Å². The van der Waals surface area contributed by atoms with Gasteiger partial charge in [-0.05, 0) is 13.3 Å². The van der Waals surface area contributed by atoms with Crippen LogP contribution >= 0.6 is 0 Å². The van der Waals surface area contributed by atoms with Gasteiger partial charge in [0.2, 0.25) is 5.91 Å². The number of carbonyl (C=O) groups is 2. The van der Waals surface area contributed by atoms with Crippen LogP contribution in [0, 0.1) is 0 Å². The molecule has 1 unspecified atom stereocenters. The van der Waals surface area contributed by atoms with Gasteiger partial charge in [-0.1, -0.05) is 0 Å². The minimum absolute atomic E-state index is 0.00983. The molecule has 5 heteroatoms. The van der Waals surface area contributed by atoms with Crippen molar-refractivity contribution >= 4 is 11.9 Å². The first-order valence-electron chi connectivity index (χ1n) is 3.88.